The van der Waals surface area contributed by atoms with Crippen LogP contribution in [0.5, 0.6) is 0 Å². The summed E-state index contributed by atoms with van der Waals surface area (Å²) in [6.07, 6.45) is 1.66. The van der Waals surface area contributed by atoms with Gasteiger partial charge in [-0.1, -0.05) is 18.2 Å². The van der Waals surface area contributed by atoms with Crippen molar-refractivity contribution in [2.75, 3.05) is 0 Å². The van der Waals surface area contributed by atoms with E-state index in [1.165, 1.54) is 5.56 Å². The number of furan rings is 1. The fourth-order valence-electron chi connectivity index (χ4n) is 2.56. The quantitative estimate of drug-likeness (QED) is 0.420. The maximum atomic E-state index is 5.48. The van der Waals surface area contributed by atoms with Crippen LogP contribution in [0.25, 0.3) is 10.6 Å². The smallest absolute Gasteiger partial charge is 0.211 e. The van der Waals surface area contributed by atoms with Crippen molar-refractivity contribution in [2.45, 2.75) is 13.8 Å². The largest absolute Gasteiger partial charge is 0.463 e. The number of rotatable bonds is 4. The Morgan fingerprint density at radius 1 is 1.08 bits per heavy atom. The minimum Gasteiger partial charge on any atom is -0.463 e. The van der Waals surface area contributed by atoms with Gasteiger partial charge in [0.05, 0.1) is 22.5 Å². The highest BCUT2D eigenvalue weighted by molar-refractivity contribution is 7.14. The van der Waals surface area contributed by atoms with E-state index in [4.69, 9.17) is 14.5 Å². The summed E-state index contributed by atoms with van der Waals surface area (Å²) in [5.74, 6) is 0.752. The molecule has 0 N–H and O–H groups in total. The first-order valence-electron chi connectivity index (χ1n) is 8.16. The number of thiazole rings is 1. The van der Waals surface area contributed by atoms with Gasteiger partial charge in [-0.2, -0.15) is 5.10 Å². The molecule has 4 rings (SSSR count). The van der Waals surface area contributed by atoms with E-state index in [0.717, 1.165) is 32.5 Å². The zero-order chi connectivity index (χ0) is 17.9. The SMILES string of the molecule is CC(=Nn1c(-c2cccs2)csc1=Nc1cccc(C)c1)c1ccco1. The van der Waals surface area contributed by atoms with Crippen LogP contribution in [0, 0.1) is 6.92 Å². The maximum absolute atomic E-state index is 5.48. The Labute approximate surface area is 159 Å². The van der Waals surface area contributed by atoms with Crippen LogP contribution in [0.3, 0.4) is 0 Å². The fourth-order valence-corrected chi connectivity index (χ4v) is 4.20. The third-order valence-electron chi connectivity index (χ3n) is 3.81. The van der Waals surface area contributed by atoms with Gasteiger partial charge in [-0.15, -0.1) is 22.7 Å². The third-order valence-corrected chi connectivity index (χ3v) is 5.52. The highest BCUT2D eigenvalue weighted by Crippen LogP contribution is 2.26. The van der Waals surface area contributed by atoms with E-state index in [1.807, 2.05) is 41.9 Å². The van der Waals surface area contributed by atoms with E-state index in [9.17, 15) is 0 Å². The molecule has 26 heavy (non-hydrogen) atoms. The summed E-state index contributed by atoms with van der Waals surface area (Å²) >= 11 is 3.27. The predicted octanol–water partition coefficient (Wildman–Crippen LogP) is 5.68. The number of hydrogen-bond acceptors (Lipinski definition) is 5. The molecule has 0 bridgehead atoms. The van der Waals surface area contributed by atoms with Crippen LogP contribution in [0.15, 0.2) is 80.1 Å². The zero-order valence-electron chi connectivity index (χ0n) is 14.4. The summed E-state index contributed by atoms with van der Waals surface area (Å²) < 4.78 is 7.38. The molecule has 1 aromatic carbocycles. The molecule has 0 unspecified atom stereocenters. The lowest BCUT2D eigenvalue weighted by molar-refractivity contribution is 0.556. The minimum atomic E-state index is 0.752. The van der Waals surface area contributed by atoms with Crippen LogP contribution < -0.4 is 4.80 Å². The van der Waals surface area contributed by atoms with E-state index >= 15 is 0 Å². The molecule has 0 fully saturated rings. The number of hydrogen-bond donors (Lipinski definition) is 0. The van der Waals surface area contributed by atoms with Crippen LogP contribution >= 0.6 is 22.7 Å². The summed E-state index contributed by atoms with van der Waals surface area (Å²) in [6.45, 7) is 4.01. The Balaban J connectivity index is 1.89. The molecule has 0 saturated heterocycles. The Morgan fingerprint density at radius 3 is 2.73 bits per heavy atom. The zero-order valence-corrected chi connectivity index (χ0v) is 16.1. The lowest BCUT2D eigenvalue weighted by Gasteiger charge is -2.03. The molecular weight excluding hydrogens is 362 g/mol. The molecule has 0 aliphatic heterocycles. The molecule has 0 radical (unpaired) electrons. The van der Waals surface area contributed by atoms with Crippen LogP contribution in [-0.2, 0) is 0 Å². The molecule has 0 aliphatic rings. The Bertz CT molecular complexity index is 1100. The standard InChI is InChI=1S/C20H17N3OS2/c1-14-6-3-7-16(12-14)21-20-23(22-15(2)18-8-4-10-24-18)17(13-26-20)19-9-5-11-25-19/h3-13H,1-2H3. The molecule has 0 spiro atoms. The van der Waals surface area contributed by atoms with Gasteiger partial charge in [-0.05, 0) is 55.1 Å². The predicted molar refractivity (Wildman–Crippen MR) is 108 cm³/mol. The van der Waals surface area contributed by atoms with Gasteiger partial charge in [0.1, 0.15) is 11.5 Å². The number of aryl methyl sites for hydroxylation is 1. The molecular formula is C20H17N3OS2. The van der Waals surface area contributed by atoms with Gasteiger partial charge in [0, 0.05) is 5.38 Å². The molecule has 0 aliphatic carbocycles. The second-order valence-corrected chi connectivity index (χ2v) is 7.59. The summed E-state index contributed by atoms with van der Waals surface area (Å²) in [5.41, 5.74) is 3.94. The minimum absolute atomic E-state index is 0.752. The first-order chi connectivity index (χ1) is 12.7. The van der Waals surface area contributed by atoms with Crippen LogP contribution in [-0.4, -0.2) is 10.4 Å². The molecule has 0 atom stereocenters. The maximum Gasteiger partial charge on any atom is 0.211 e. The van der Waals surface area contributed by atoms with Crippen molar-refractivity contribution in [3.8, 4) is 10.6 Å². The highest BCUT2D eigenvalue weighted by atomic mass is 32.1. The Morgan fingerprint density at radius 2 is 2.00 bits per heavy atom. The summed E-state index contributed by atoms with van der Waals surface area (Å²) in [7, 11) is 0. The molecule has 4 aromatic rings. The van der Waals surface area contributed by atoms with E-state index in [2.05, 4.69) is 35.9 Å². The summed E-state index contributed by atoms with van der Waals surface area (Å²) in [4.78, 5) is 6.79. The Hall–Kier alpha value is -2.70. The molecule has 0 saturated carbocycles. The van der Waals surface area contributed by atoms with Crippen LogP contribution in [0.1, 0.15) is 18.2 Å². The summed E-state index contributed by atoms with van der Waals surface area (Å²) in [6, 6.07) is 16.1. The highest BCUT2D eigenvalue weighted by Gasteiger charge is 2.10. The van der Waals surface area contributed by atoms with E-state index < -0.39 is 0 Å². The first kappa shape index (κ1) is 16.8. The van der Waals surface area contributed by atoms with Gasteiger partial charge in [0.25, 0.3) is 0 Å². The fraction of sp³-hybridized carbons (Fsp3) is 0.100. The molecule has 0 amide bonds. The monoisotopic (exact) mass is 379 g/mol. The van der Waals surface area contributed by atoms with Crippen molar-refractivity contribution in [3.63, 3.8) is 0 Å². The van der Waals surface area contributed by atoms with Crippen LogP contribution in [0.2, 0.25) is 0 Å². The lowest BCUT2D eigenvalue weighted by atomic mass is 10.2. The van der Waals surface area contributed by atoms with Gasteiger partial charge >= 0.3 is 0 Å². The summed E-state index contributed by atoms with van der Waals surface area (Å²) in [5, 5.41) is 8.96. The van der Waals surface area contributed by atoms with Crippen molar-refractivity contribution >= 4 is 34.1 Å². The van der Waals surface area contributed by atoms with E-state index in [0.29, 0.717) is 0 Å². The number of benzene rings is 1. The van der Waals surface area contributed by atoms with Crippen molar-refractivity contribution in [3.05, 3.63) is 81.7 Å². The average molecular weight is 380 g/mol. The second-order valence-electron chi connectivity index (χ2n) is 5.81. The van der Waals surface area contributed by atoms with Crippen LogP contribution in [0.4, 0.5) is 5.69 Å². The number of aromatic nitrogens is 1. The van der Waals surface area contributed by atoms with Gasteiger partial charge in [0.2, 0.25) is 4.80 Å². The van der Waals surface area contributed by atoms with Gasteiger partial charge in [-0.3, -0.25) is 0 Å². The molecule has 130 valence electrons. The number of thiophene rings is 1. The Kier molecular flexibility index (Phi) is 4.69. The topological polar surface area (TPSA) is 42.8 Å². The lowest BCUT2D eigenvalue weighted by Crippen LogP contribution is -2.13. The van der Waals surface area contributed by atoms with Crippen molar-refractivity contribution < 1.29 is 4.42 Å². The average Bonchev–Trinajstić information content (AvgIpc) is 3.37. The van der Waals surface area contributed by atoms with Gasteiger partial charge in [0.15, 0.2) is 0 Å². The first-order valence-corrected chi connectivity index (χ1v) is 9.92. The second kappa shape index (κ2) is 7.27. The van der Waals surface area contributed by atoms with Crippen molar-refractivity contribution in [1.82, 2.24) is 4.68 Å². The molecule has 3 heterocycles. The third kappa shape index (κ3) is 3.47. The van der Waals surface area contributed by atoms with E-state index in [-0.39, 0.29) is 0 Å². The van der Waals surface area contributed by atoms with Gasteiger partial charge < -0.3 is 4.42 Å². The number of nitrogens with zero attached hydrogens (tertiary/aromatic N) is 3. The van der Waals surface area contributed by atoms with Crippen molar-refractivity contribution in [2.24, 2.45) is 10.1 Å². The van der Waals surface area contributed by atoms with E-state index in [1.54, 1.807) is 28.9 Å². The van der Waals surface area contributed by atoms with Gasteiger partial charge in [-0.25, -0.2) is 9.67 Å². The normalized spacial score (nSPS) is 12.7. The molecule has 3 aromatic heterocycles. The molecule has 4 nitrogen and oxygen atoms in total. The van der Waals surface area contributed by atoms with Crippen molar-refractivity contribution in [1.29, 1.82) is 0 Å². The molecule has 6 heteroatoms.